The van der Waals surface area contributed by atoms with Gasteiger partial charge in [0.25, 0.3) is 5.56 Å². The second-order valence-electron chi connectivity index (χ2n) is 5.41. The van der Waals surface area contributed by atoms with Gasteiger partial charge in [-0.05, 0) is 58.7 Å². The molecule has 0 spiro atoms. The van der Waals surface area contributed by atoms with Crippen LogP contribution in [0, 0.1) is 0 Å². The normalized spacial score (nSPS) is 15.2. The molecular formula is C17H12N2O3S. The Bertz CT molecular complexity index is 1020. The summed E-state index contributed by atoms with van der Waals surface area (Å²) in [6, 6.07) is 6.46. The second kappa shape index (κ2) is 5.17. The van der Waals surface area contributed by atoms with Crippen molar-refractivity contribution >= 4 is 39.9 Å². The van der Waals surface area contributed by atoms with E-state index in [0.29, 0.717) is 23.3 Å². The molecule has 1 aromatic carbocycles. The van der Waals surface area contributed by atoms with E-state index in [1.54, 1.807) is 22.0 Å². The van der Waals surface area contributed by atoms with Gasteiger partial charge >= 0.3 is 5.97 Å². The zero-order valence-electron chi connectivity index (χ0n) is 12.0. The lowest BCUT2D eigenvalue weighted by Crippen LogP contribution is -2.20. The Morgan fingerprint density at radius 2 is 2.22 bits per heavy atom. The Hall–Kier alpha value is -2.73. The van der Waals surface area contributed by atoms with Crippen molar-refractivity contribution < 1.29 is 9.90 Å². The molecule has 4 rings (SSSR count). The Morgan fingerprint density at radius 1 is 1.35 bits per heavy atom. The van der Waals surface area contributed by atoms with E-state index in [2.05, 4.69) is 4.98 Å². The first-order valence-corrected chi connectivity index (χ1v) is 8.09. The number of hydrogen-bond donors (Lipinski definition) is 1. The van der Waals surface area contributed by atoms with Gasteiger partial charge in [-0.1, -0.05) is 0 Å². The van der Waals surface area contributed by atoms with Crippen LogP contribution in [-0.4, -0.2) is 20.6 Å². The summed E-state index contributed by atoms with van der Waals surface area (Å²) in [5.74, 6) is -0.389. The Morgan fingerprint density at radius 3 is 2.96 bits per heavy atom. The molecule has 0 radical (unpaired) electrons. The summed E-state index contributed by atoms with van der Waals surface area (Å²) in [6.45, 7) is 0.605. The smallest absolute Gasteiger partial charge is 0.335 e. The maximum atomic E-state index is 12.6. The highest BCUT2D eigenvalue weighted by molar-refractivity contribution is 7.08. The molecule has 0 bridgehead atoms. The third-order valence-electron chi connectivity index (χ3n) is 3.98. The second-order valence-corrected chi connectivity index (χ2v) is 6.19. The molecule has 3 heterocycles. The van der Waals surface area contributed by atoms with Gasteiger partial charge < -0.3 is 5.11 Å². The van der Waals surface area contributed by atoms with E-state index in [9.17, 15) is 9.59 Å². The molecule has 23 heavy (non-hydrogen) atoms. The summed E-state index contributed by atoms with van der Waals surface area (Å²) < 4.78 is 1.67. The molecule has 5 nitrogen and oxygen atoms in total. The molecule has 0 atom stereocenters. The number of aromatic carboxylic acids is 1. The van der Waals surface area contributed by atoms with Crippen LogP contribution in [0.15, 0.2) is 39.8 Å². The van der Waals surface area contributed by atoms with Crippen molar-refractivity contribution in [2.24, 2.45) is 0 Å². The predicted molar refractivity (Wildman–Crippen MR) is 89.8 cm³/mol. The molecule has 0 saturated heterocycles. The molecule has 1 N–H and O–H groups in total. The van der Waals surface area contributed by atoms with Crippen LogP contribution in [0.4, 0.5) is 0 Å². The van der Waals surface area contributed by atoms with Crippen LogP contribution in [-0.2, 0) is 6.54 Å². The SMILES string of the molecule is O=C(O)c1ccc2c(=O)n3c(nc2c1)C(=Cc1ccsc1)CC3. The monoisotopic (exact) mass is 324 g/mol. The summed E-state index contributed by atoms with van der Waals surface area (Å²) in [5, 5.41) is 13.6. The fraction of sp³-hybridized carbons (Fsp3) is 0.118. The van der Waals surface area contributed by atoms with Crippen molar-refractivity contribution in [3.05, 3.63) is 62.3 Å². The van der Waals surface area contributed by atoms with Gasteiger partial charge in [0.15, 0.2) is 0 Å². The first-order valence-electron chi connectivity index (χ1n) is 7.14. The molecular weight excluding hydrogens is 312 g/mol. The van der Waals surface area contributed by atoms with Crippen molar-refractivity contribution in [1.82, 2.24) is 9.55 Å². The van der Waals surface area contributed by atoms with Crippen molar-refractivity contribution in [1.29, 1.82) is 0 Å². The summed E-state index contributed by atoms with van der Waals surface area (Å²) in [4.78, 5) is 28.3. The molecule has 114 valence electrons. The van der Waals surface area contributed by atoms with Crippen molar-refractivity contribution in [2.45, 2.75) is 13.0 Å². The summed E-state index contributed by atoms with van der Waals surface area (Å²) in [7, 11) is 0. The number of nitrogens with zero attached hydrogens (tertiary/aromatic N) is 2. The van der Waals surface area contributed by atoms with Crippen LogP contribution >= 0.6 is 11.3 Å². The van der Waals surface area contributed by atoms with Gasteiger partial charge in [0, 0.05) is 6.54 Å². The molecule has 0 aliphatic carbocycles. The Labute approximate surface area is 135 Å². The molecule has 0 unspecified atom stereocenters. The van der Waals surface area contributed by atoms with Crippen LogP contribution < -0.4 is 5.56 Å². The fourth-order valence-corrected chi connectivity index (χ4v) is 3.46. The third-order valence-corrected chi connectivity index (χ3v) is 4.68. The van der Waals surface area contributed by atoms with Crippen LogP contribution in [0.5, 0.6) is 0 Å². The fourth-order valence-electron chi connectivity index (χ4n) is 2.85. The van der Waals surface area contributed by atoms with Crippen LogP contribution in [0.25, 0.3) is 22.6 Å². The highest BCUT2D eigenvalue weighted by Gasteiger charge is 2.21. The molecule has 3 aromatic rings. The van der Waals surface area contributed by atoms with Gasteiger partial charge in [-0.2, -0.15) is 11.3 Å². The van der Waals surface area contributed by atoms with Crippen LogP contribution in [0.2, 0.25) is 0 Å². The maximum Gasteiger partial charge on any atom is 0.335 e. The standard InChI is InChI=1S/C17H12N2O3S/c20-16-13-2-1-12(17(21)22)8-14(13)18-15-11(3-5-19(15)16)7-10-4-6-23-9-10/h1-2,4,6-9H,3,5H2,(H,21,22). The molecule has 2 aromatic heterocycles. The first-order chi connectivity index (χ1) is 11.1. The average Bonchev–Trinajstić information content (AvgIpc) is 3.18. The molecule has 0 saturated carbocycles. The van der Waals surface area contributed by atoms with Gasteiger partial charge in [-0.15, -0.1) is 0 Å². The molecule has 1 aliphatic heterocycles. The van der Waals surface area contributed by atoms with E-state index < -0.39 is 5.97 Å². The minimum atomic E-state index is -1.02. The van der Waals surface area contributed by atoms with Crippen molar-refractivity contribution in [3.63, 3.8) is 0 Å². The molecule has 0 fully saturated rings. The quantitative estimate of drug-likeness (QED) is 0.786. The highest BCUT2D eigenvalue weighted by atomic mass is 32.1. The van der Waals surface area contributed by atoms with E-state index in [1.807, 2.05) is 22.9 Å². The van der Waals surface area contributed by atoms with E-state index in [0.717, 1.165) is 17.6 Å². The van der Waals surface area contributed by atoms with E-state index in [4.69, 9.17) is 5.11 Å². The minimum absolute atomic E-state index is 0.115. The number of hydrogen-bond acceptors (Lipinski definition) is 4. The van der Waals surface area contributed by atoms with Crippen LogP contribution in [0.3, 0.4) is 0 Å². The average molecular weight is 324 g/mol. The van der Waals surface area contributed by atoms with Crippen LogP contribution in [0.1, 0.15) is 28.2 Å². The first kappa shape index (κ1) is 13.9. The van der Waals surface area contributed by atoms with Crippen molar-refractivity contribution in [3.8, 4) is 0 Å². The minimum Gasteiger partial charge on any atom is -0.478 e. The maximum absolute atomic E-state index is 12.6. The molecule has 6 heteroatoms. The number of benzene rings is 1. The van der Waals surface area contributed by atoms with E-state index >= 15 is 0 Å². The lowest BCUT2D eigenvalue weighted by atomic mass is 10.1. The lowest BCUT2D eigenvalue weighted by molar-refractivity contribution is 0.0697. The number of carboxylic acids is 1. The van der Waals surface area contributed by atoms with Gasteiger partial charge in [0.1, 0.15) is 5.82 Å². The predicted octanol–water partition coefficient (Wildman–Crippen LogP) is 3.10. The summed E-state index contributed by atoms with van der Waals surface area (Å²) >= 11 is 1.62. The summed E-state index contributed by atoms with van der Waals surface area (Å²) in [6.07, 6.45) is 2.79. The summed E-state index contributed by atoms with van der Waals surface area (Å²) in [5.41, 5.74) is 2.54. The van der Waals surface area contributed by atoms with Gasteiger partial charge in [-0.25, -0.2) is 9.78 Å². The van der Waals surface area contributed by atoms with Crippen molar-refractivity contribution in [2.75, 3.05) is 0 Å². The Balaban J connectivity index is 1.94. The number of carbonyl (C=O) groups is 1. The zero-order valence-corrected chi connectivity index (χ0v) is 12.8. The number of rotatable bonds is 2. The number of allylic oxidation sites excluding steroid dienone is 1. The number of fused-ring (bicyclic) bond motifs is 2. The Kier molecular flexibility index (Phi) is 3.12. The van der Waals surface area contributed by atoms with Gasteiger partial charge in [0.2, 0.25) is 0 Å². The zero-order chi connectivity index (χ0) is 16.0. The van der Waals surface area contributed by atoms with E-state index in [-0.39, 0.29) is 11.1 Å². The van der Waals surface area contributed by atoms with Gasteiger partial charge in [-0.3, -0.25) is 9.36 Å². The van der Waals surface area contributed by atoms with Gasteiger partial charge in [0.05, 0.1) is 16.5 Å². The molecule has 0 amide bonds. The molecule has 1 aliphatic rings. The third kappa shape index (κ3) is 2.27. The lowest BCUT2D eigenvalue weighted by Gasteiger charge is -2.06. The number of aromatic nitrogens is 2. The number of thiophene rings is 1. The highest BCUT2D eigenvalue weighted by Crippen LogP contribution is 2.28. The number of carboxylic acid groups (broad SMARTS) is 1. The topological polar surface area (TPSA) is 72.2 Å². The largest absolute Gasteiger partial charge is 0.478 e. The van der Waals surface area contributed by atoms with E-state index in [1.165, 1.54) is 12.1 Å².